The van der Waals surface area contributed by atoms with Gasteiger partial charge in [0.05, 0.1) is 5.52 Å². The van der Waals surface area contributed by atoms with Gasteiger partial charge in [-0.2, -0.15) is 0 Å². The lowest BCUT2D eigenvalue weighted by molar-refractivity contribution is 0.102. The summed E-state index contributed by atoms with van der Waals surface area (Å²) in [7, 11) is 2.17. The Bertz CT molecular complexity index is 1580. The van der Waals surface area contributed by atoms with Gasteiger partial charge in [-0.3, -0.25) is 4.79 Å². The van der Waals surface area contributed by atoms with Crippen molar-refractivity contribution in [1.29, 1.82) is 0 Å². The summed E-state index contributed by atoms with van der Waals surface area (Å²) in [5.41, 5.74) is 6.52. The standard InChI is InChI=1S/C32H30N6O/c1-37-17-19-38(20-18-37)29-14-12-28(13-15-29)35-32-33-22-26-21-25(11-16-30(26)36-32)23-7-9-24(10-8-23)31(39)34-27-5-3-2-4-6-27/h2-16,21-22H,17-20H2,1H3,(H,34,39)(H,33,35,36). The summed E-state index contributed by atoms with van der Waals surface area (Å²) >= 11 is 0. The number of fused-ring (bicyclic) bond motifs is 1. The highest BCUT2D eigenvalue weighted by atomic mass is 16.1. The van der Waals surface area contributed by atoms with Crippen molar-refractivity contribution in [3.8, 4) is 11.1 Å². The summed E-state index contributed by atoms with van der Waals surface area (Å²) in [6.07, 6.45) is 1.84. The number of carbonyl (C=O) groups excluding carboxylic acids is 1. The van der Waals surface area contributed by atoms with Gasteiger partial charge in [-0.1, -0.05) is 36.4 Å². The molecule has 1 fully saturated rings. The molecule has 0 atom stereocenters. The molecule has 0 unspecified atom stereocenters. The molecule has 0 radical (unpaired) electrons. The van der Waals surface area contributed by atoms with E-state index in [4.69, 9.17) is 4.98 Å². The number of hydrogen-bond acceptors (Lipinski definition) is 6. The molecule has 2 heterocycles. The van der Waals surface area contributed by atoms with E-state index in [2.05, 4.69) is 62.8 Å². The molecule has 194 valence electrons. The lowest BCUT2D eigenvalue weighted by Crippen LogP contribution is -2.44. The summed E-state index contributed by atoms with van der Waals surface area (Å²) in [6, 6.07) is 31.6. The molecule has 1 aliphatic heterocycles. The molecule has 2 N–H and O–H groups in total. The first-order chi connectivity index (χ1) is 19.1. The van der Waals surface area contributed by atoms with Crippen LogP contribution in [0.2, 0.25) is 0 Å². The lowest BCUT2D eigenvalue weighted by atomic mass is 10.0. The molecule has 7 nitrogen and oxygen atoms in total. The first-order valence-electron chi connectivity index (χ1n) is 13.1. The van der Waals surface area contributed by atoms with Gasteiger partial charge in [0.2, 0.25) is 5.95 Å². The van der Waals surface area contributed by atoms with Crippen LogP contribution in [0.4, 0.5) is 23.0 Å². The van der Waals surface area contributed by atoms with Gasteiger partial charge >= 0.3 is 0 Å². The van der Waals surface area contributed by atoms with E-state index in [9.17, 15) is 4.79 Å². The predicted octanol–water partition coefficient (Wildman–Crippen LogP) is 6.04. The molecule has 6 rings (SSSR count). The molecule has 1 aromatic heterocycles. The van der Waals surface area contributed by atoms with Crippen LogP contribution in [0, 0.1) is 0 Å². The number of piperazine rings is 1. The predicted molar refractivity (Wildman–Crippen MR) is 159 cm³/mol. The fraction of sp³-hybridized carbons (Fsp3) is 0.156. The van der Waals surface area contributed by atoms with E-state index >= 15 is 0 Å². The van der Waals surface area contributed by atoms with E-state index < -0.39 is 0 Å². The largest absolute Gasteiger partial charge is 0.369 e. The number of anilines is 4. The summed E-state index contributed by atoms with van der Waals surface area (Å²) in [5.74, 6) is 0.435. The monoisotopic (exact) mass is 514 g/mol. The topological polar surface area (TPSA) is 73.4 Å². The minimum Gasteiger partial charge on any atom is -0.369 e. The normalized spacial score (nSPS) is 13.8. The Balaban J connectivity index is 1.12. The van der Waals surface area contributed by atoms with Crippen molar-refractivity contribution in [2.75, 3.05) is 48.8 Å². The van der Waals surface area contributed by atoms with Gasteiger partial charge in [-0.05, 0) is 78.8 Å². The van der Waals surface area contributed by atoms with Gasteiger partial charge < -0.3 is 20.4 Å². The molecule has 39 heavy (non-hydrogen) atoms. The number of likely N-dealkylation sites (N-methyl/N-ethyl adjacent to an activating group) is 1. The maximum atomic E-state index is 12.6. The van der Waals surface area contributed by atoms with E-state index in [0.29, 0.717) is 11.5 Å². The average Bonchev–Trinajstić information content (AvgIpc) is 2.98. The third-order valence-electron chi connectivity index (χ3n) is 7.08. The van der Waals surface area contributed by atoms with Crippen LogP contribution in [0.15, 0.2) is 103 Å². The molecule has 5 aromatic rings. The zero-order chi connectivity index (χ0) is 26.6. The molecular weight excluding hydrogens is 484 g/mol. The Morgan fingerprint density at radius 1 is 0.769 bits per heavy atom. The van der Waals surface area contributed by atoms with E-state index in [1.165, 1.54) is 5.69 Å². The second-order valence-corrected chi connectivity index (χ2v) is 9.83. The second kappa shape index (κ2) is 10.9. The number of nitrogens with zero attached hydrogens (tertiary/aromatic N) is 4. The van der Waals surface area contributed by atoms with Crippen LogP contribution < -0.4 is 15.5 Å². The number of aromatic nitrogens is 2. The zero-order valence-corrected chi connectivity index (χ0v) is 21.8. The first-order valence-corrected chi connectivity index (χ1v) is 13.1. The van der Waals surface area contributed by atoms with Crippen LogP contribution >= 0.6 is 0 Å². The summed E-state index contributed by atoms with van der Waals surface area (Å²) in [6.45, 7) is 4.27. The third-order valence-corrected chi connectivity index (χ3v) is 7.08. The molecule has 4 aromatic carbocycles. The summed E-state index contributed by atoms with van der Waals surface area (Å²) in [5, 5.41) is 7.20. The molecule has 1 saturated heterocycles. The first kappa shape index (κ1) is 24.6. The van der Waals surface area contributed by atoms with Crippen LogP contribution in [-0.4, -0.2) is 54.0 Å². The quantitative estimate of drug-likeness (QED) is 0.288. The Morgan fingerprint density at radius 3 is 2.23 bits per heavy atom. The van der Waals surface area contributed by atoms with Crippen molar-refractivity contribution < 1.29 is 4.79 Å². The van der Waals surface area contributed by atoms with Gasteiger partial charge in [0.25, 0.3) is 5.91 Å². The zero-order valence-electron chi connectivity index (χ0n) is 21.8. The second-order valence-electron chi connectivity index (χ2n) is 9.83. The van der Waals surface area contributed by atoms with Crippen molar-refractivity contribution in [1.82, 2.24) is 14.9 Å². The minimum absolute atomic E-state index is 0.131. The SMILES string of the molecule is CN1CCN(c2ccc(Nc3ncc4cc(-c5ccc(C(=O)Nc6ccccc6)cc5)ccc4n3)cc2)CC1. The number of carbonyl (C=O) groups is 1. The molecule has 0 bridgehead atoms. The lowest BCUT2D eigenvalue weighted by Gasteiger charge is -2.34. The molecule has 0 saturated carbocycles. The van der Waals surface area contributed by atoms with Crippen LogP contribution in [-0.2, 0) is 0 Å². The minimum atomic E-state index is -0.131. The highest BCUT2D eigenvalue weighted by Gasteiger charge is 2.14. The van der Waals surface area contributed by atoms with Crippen molar-refractivity contribution in [2.24, 2.45) is 0 Å². The van der Waals surface area contributed by atoms with Crippen LogP contribution in [0.3, 0.4) is 0 Å². The Hall–Kier alpha value is -4.75. The van der Waals surface area contributed by atoms with Gasteiger partial charge in [0, 0.05) is 60.4 Å². The number of amides is 1. The van der Waals surface area contributed by atoms with E-state index in [-0.39, 0.29) is 5.91 Å². The number of para-hydroxylation sites is 1. The number of benzene rings is 4. The van der Waals surface area contributed by atoms with Crippen LogP contribution in [0.1, 0.15) is 10.4 Å². The van der Waals surface area contributed by atoms with Gasteiger partial charge in [0.15, 0.2) is 0 Å². The van der Waals surface area contributed by atoms with Crippen molar-refractivity contribution >= 4 is 39.8 Å². The molecule has 0 spiro atoms. The Morgan fingerprint density at radius 2 is 1.49 bits per heavy atom. The summed E-state index contributed by atoms with van der Waals surface area (Å²) < 4.78 is 0. The maximum absolute atomic E-state index is 12.6. The van der Waals surface area contributed by atoms with Gasteiger partial charge in [-0.25, -0.2) is 9.97 Å². The van der Waals surface area contributed by atoms with Crippen LogP contribution in [0.5, 0.6) is 0 Å². The van der Waals surface area contributed by atoms with Gasteiger partial charge in [0.1, 0.15) is 0 Å². The Labute approximate surface area is 228 Å². The number of rotatable bonds is 6. The molecular formula is C32H30N6O. The van der Waals surface area contributed by atoms with E-state index in [1.807, 2.05) is 72.9 Å². The average molecular weight is 515 g/mol. The van der Waals surface area contributed by atoms with Crippen molar-refractivity contribution in [3.63, 3.8) is 0 Å². The van der Waals surface area contributed by atoms with Crippen LogP contribution in [0.25, 0.3) is 22.0 Å². The molecule has 1 amide bonds. The third kappa shape index (κ3) is 5.73. The van der Waals surface area contributed by atoms with Crippen molar-refractivity contribution in [2.45, 2.75) is 0 Å². The fourth-order valence-corrected chi connectivity index (χ4v) is 4.76. The number of nitrogens with one attached hydrogen (secondary N) is 2. The smallest absolute Gasteiger partial charge is 0.255 e. The molecule has 0 aliphatic carbocycles. The highest BCUT2D eigenvalue weighted by Crippen LogP contribution is 2.26. The Kier molecular flexibility index (Phi) is 6.89. The van der Waals surface area contributed by atoms with Gasteiger partial charge in [-0.15, -0.1) is 0 Å². The maximum Gasteiger partial charge on any atom is 0.255 e. The molecule has 7 heteroatoms. The number of hydrogen-bond donors (Lipinski definition) is 2. The van der Waals surface area contributed by atoms with E-state index in [1.54, 1.807) is 0 Å². The van der Waals surface area contributed by atoms with Crippen molar-refractivity contribution in [3.05, 3.63) is 109 Å². The molecule has 1 aliphatic rings. The fourth-order valence-electron chi connectivity index (χ4n) is 4.76. The van der Waals surface area contributed by atoms with E-state index in [0.717, 1.165) is 59.6 Å². The highest BCUT2D eigenvalue weighted by molar-refractivity contribution is 6.04. The summed E-state index contributed by atoms with van der Waals surface area (Å²) in [4.78, 5) is 26.6.